The molecule has 0 heterocycles. The van der Waals surface area contributed by atoms with Crippen LogP contribution < -0.4 is 5.73 Å². The number of hydrogen-bond acceptors (Lipinski definition) is 2. The molecule has 0 aromatic heterocycles. The van der Waals surface area contributed by atoms with Gasteiger partial charge in [-0.3, -0.25) is 4.79 Å². The van der Waals surface area contributed by atoms with Crippen LogP contribution in [0.4, 0.5) is 0 Å². The molecule has 1 saturated carbocycles. The lowest BCUT2D eigenvalue weighted by molar-refractivity contribution is 0.0819. The van der Waals surface area contributed by atoms with E-state index in [1.54, 1.807) is 0 Å². The predicted molar refractivity (Wildman–Crippen MR) is 70.1 cm³/mol. The summed E-state index contributed by atoms with van der Waals surface area (Å²) in [4.78, 5) is 12.5. The smallest absolute Gasteiger partial charge is 0.182 e. The highest BCUT2D eigenvalue weighted by Gasteiger charge is 2.38. The van der Waals surface area contributed by atoms with E-state index in [0.29, 0.717) is 5.92 Å². The van der Waals surface area contributed by atoms with Crippen LogP contribution in [-0.2, 0) is 0 Å². The van der Waals surface area contributed by atoms with Crippen LogP contribution in [0.2, 0.25) is 0 Å². The number of benzene rings is 1. The third kappa shape index (κ3) is 2.58. The van der Waals surface area contributed by atoms with Gasteiger partial charge in [0.05, 0.1) is 5.54 Å². The van der Waals surface area contributed by atoms with Gasteiger partial charge in [0, 0.05) is 5.56 Å². The largest absolute Gasteiger partial charge is 0.319 e. The first-order valence-electron chi connectivity index (χ1n) is 6.42. The highest BCUT2D eigenvalue weighted by atomic mass is 16.1. The lowest BCUT2D eigenvalue weighted by Gasteiger charge is -2.35. The van der Waals surface area contributed by atoms with Crippen LogP contribution in [0.1, 0.15) is 48.5 Å². The van der Waals surface area contributed by atoms with Gasteiger partial charge in [0.25, 0.3) is 0 Å². The summed E-state index contributed by atoms with van der Waals surface area (Å²) in [5, 5.41) is 0. The van der Waals surface area contributed by atoms with Gasteiger partial charge in [0.1, 0.15) is 0 Å². The van der Waals surface area contributed by atoms with Crippen molar-refractivity contribution in [2.45, 2.75) is 45.1 Å². The van der Waals surface area contributed by atoms with Crippen molar-refractivity contribution in [1.29, 1.82) is 0 Å². The van der Waals surface area contributed by atoms with Gasteiger partial charge >= 0.3 is 0 Å². The Bertz CT molecular complexity index is 427. The van der Waals surface area contributed by atoms with Crippen LogP contribution in [0.15, 0.2) is 24.3 Å². The molecule has 0 spiro atoms. The van der Waals surface area contributed by atoms with Crippen LogP contribution >= 0.6 is 0 Å². The number of carbonyl (C=O) groups is 1. The molecule has 1 aliphatic rings. The summed E-state index contributed by atoms with van der Waals surface area (Å²) in [6.45, 7) is 4.19. The van der Waals surface area contributed by atoms with E-state index in [1.165, 1.54) is 6.42 Å². The van der Waals surface area contributed by atoms with Gasteiger partial charge in [-0.2, -0.15) is 0 Å². The second-order valence-corrected chi connectivity index (χ2v) is 5.56. The zero-order valence-electron chi connectivity index (χ0n) is 10.7. The normalized spacial score (nSPS) is 29.0. The fourth-order valence-corrected chi connectivity index (χ4v) is 2.87. The first-order valence-corrected chi connectivity index (χ1v) is 6.42. The minimum absolute atomic E-state index is 0.118. The first-order chi connectivity index (χ1) is 8.01. The SMILES string of the molecule is Cc1cccc(C(=O)C2(N)CCCC(C)C2)c1. The Hall–Kier alpha value is -1.15. The van der Waals surface area contributed by atoms with E-state index in [-0.39, 0.29) is 5.78 Å². The molecule has 2 heteroatoms. The van der Waals surface area contributed by atoms with Crippen molar-refractivity contribution < 1.29 is 4.79 Å². The van der Waals surface area contributed by atoms with E-state index >= 15 is 0 Å². The summed E-state index contributed by atoms with van der Waals surface area (Å²) < 4.78 is 0. The molecule has 0 saturated heterocycles. The Balaban J connectivity index is 2.24. The third-order valence-electron chi connectivity index (χ3n) is 3.76. The molecule has 2 rings (SSSR count). The third-order valence-corrected chi connectivity index (χ3v) is 3.76. The number of Topliss-reactive ketones (excluding diaryl/α,β-unsaturated/α-hetero) is 1. The zero-order chi connectivity index (χ0) is 12.5. The summed E-state index contributed by atoms with van der Waals surface area (Å²) in [6.07, 6.45) is 3.90. The van der Waals surface area contributed by atoms with Gasteiger partial charge in [0.15, 0.2) is 5.78 Å². The summed E-state index contributed by atoms with van der Waals surface area (Å²) in [6, 6.07) is 7.75. The molecule has 17 heavy (non-hydrogen) atoms. The molecule has 0 bridgehead atoms. The second kappa shape index (κ2) is 4.61. The quantitative estimate of drug-likeness (QED) is 0.795. The average Bonchev–Trinajstić information content (AvgIpc) is 2.27. The fraction of sp³-hybridized carbons (Fsp3) is 0.533. The predicted octanol–water partition coefficient (Wildman–Crippen LogP) is 3.09. The van der Waals surface area contributed by atoms with Crippen molar-refractivity contribution in [3.05, 3.63) is 35.4 Å². The number of carbonyl (C=O) groups excluding carboxylic acids is 1. The van der Waals surface area contributed by atoms with E-state index in [0.717, 1.165) is 30.4 Å². The van der Waals surface area contributed by atoms with Crippen molar-refractivity contribution >= 4 is 5.78 Å². The number of aryl methyl sites for hydroxylation is 1. The Morgan fingerprint density at radius 2 is 2.24 bits per heavy atom. The van der Waals surface area contributed by atoms with Gasteiger partial charge < -0.3 is 5.73 Å². The summed E-state index contributed by atoms with van der Waals surface area (Å²) in [5.74, 6) is 0.676. The molecule has 1 aliphatic carbocycles. The standard InChI is InChI=1S/C15H21NO/c1-11-5-3-7-13(9-11)14(17)15(16)8-4-6-12(2)10-15/h3,5,7,9,12H,4,6,8,10,16H2,1-2H3. The minimum Gasteiger partial charge on any atom is -0.319 e. The van der Waals surface area contributed by atoms with Crippen molar-refractivity contribution in [2.75, 3.05) is 0 Å². The van der Waals surface area contributed by atoms with Crippen molar-refractivity contribution in [1.82, 2.24) is 0 Å². The number of ketones is 1. The Kier molecular flexibility index (Phi) is 3.34. The molecule has 0 aliphatic heterocycles. The lowest BCUT2D eigenvalue weighted by atomic mass is 9.73. The Labute approximate surface area is 103 Å². The molecule has 1 fully saturated rings. The molecule has 2 nitrogen and oxygen atoms in total. The monoisotopic (exact) mass is 231 g/mol. The first kappa shape index (κ1) is 12.3. The van der Waals surface area contributed by atoms with Gasteiger partial charge in [-0.15, -0.1) is 0 Å². The van der Waals surface area contributed by atoms with E-state index in [1.807, 2.05) is 31.2 Å². The molecule has 0 radical (unpaired) electrons. The molecular formula is C15H21NO. The topological polar surface area (TPSA) is 43.1 Å². The van der Waals surface area contributed by atoms with Crippen molar-refractivity contribution in [3.63, 3.8) is 0 Å². The maximum atomic E-state index is 12.5. The fourth-order valence-electron chi connectivity index (χ4n) is 2.87. The molecule has 92 valence electrons. The van der Waals surface area contributed by atoms with Crippen LogP contribution in [-0.4, -0.2) is 11.3 Å². The lowest BCUT2D eigenvalue weighted by Crippen LogP contribution is -2.51. The molecule has 2 atom stereocenters. The summed E-state index contributed by atoms with van der Waals surface area (Å²) >= 11 is 0. The van der Waals surface area contributed by atoms with Crippen molar-refractivity contribution in [2.24, 2.45) is 11.7 Å². The maximum absolute atomic E-state index is 12.5. The molecule has 2 N–H and O–H groups in total. The van der Waals surface area contributed by atoms with Crippen LogP contribution in [0, 0.1) is 12.8 Å². The molecule has 0 amide bonds. The van der Waals surface area contributed by atoms with E-state index in [4.69, 9.17) is 5.73 Å². The summed E-state index contributed by atoms with van der Waals surface area (Å²) in [7, 11) is 0. The molecular weight excluding hydrogens is 210 g/mol. The summed E-state index contributed by atoms with van der Waals surface area (Å²) in [5.41, 5.74) is 7.57. The molecule has 1 aromatic rings. The zero-order valence-corrected chi connectivity index (χ0v) is 10.7. The average molecular weight is 231 g/mol. The number of nitrogens with two attached hydrogens (primary N) is 1. The van der Waals surface area contributed by atoms with E-state index in [2.05, 4.69) is 6.92 Å². The van der Waals surface area contributed by atoms with Crippen LogP contribution in [0.25, 0.3) is 0 Å². The van der Waals surface area contributed by atoms with Gasteiger partial charge in [-0.05, 0) is 31.7 Å². The van der Waals surface area contributed by atoms with Gasteiger partial charge in [-0.25, -0.2) is 0 Å². The van der Waals surface area contributed by atoms with Gasteiger partial charge in [-0.1, -0.05) is 43.5 Å². The van der Waals surface area contributed by atoms with Gasteiger partial charge in [0.2, 0.25) is 0 Å². The van der Waals surface area contributed by atoms with E-state index in [9.17, 15) is 4.79 Å². The second-order valence-electron chi connectivity index (χ2n) is 5.56. The maximum Gasteiger partial charge on any atom is 0.182 e. The van der Waals surface area contributed by atoms with E-state index < -0.39 is 5.54 Å². The van der Waals surface area contributed by atoms with Crippen LogP contribution in [0.3, 0.4) is 0 Å². The van der Waals surface area contributed by atoms with Crippen molar-refractivity contribution in [3.8, 4) is 0 Å². The van der Waals surface area contributed by atoms with Crippen LogP contribution in [0.5, 0.6) is 0 Å². The number of hydrogen-bond donors (Lipinski definition) is 1. The number of rotatable bonds is 2. The molecule has 2 unspecified atom stereocenters. The molecule has 1 aromatic carbocycles. The Morgan fingerprint density at radius 1 is 1.47 bits per heavy atom. The highest BCUT2D eigenvalue weighted by molar-refractivity contribution is 6.03. The Morgan fingerprint density at radius 3 is 2.88 bits per heavy atom. The minimum atomic E-state index is -0.633. The highest BCUT2D eigenvalue weighted by Crippen LogP contribution is 2.32.